The fraction of sp³-hybridized carbons (Fsp3) is 0.303. The second-order valence-electron chi connectivity index (χ2n) is 11.0. The van der Waals surface area contributed by atoms with Crippen LogP contribution in [0.2, 0.25) is 0 Å². The summed E-state index contributed by atoms with van der Waals surface area (Å²) in [6, 6.07) is 10.7. The molecule has 0 fully saturated rings. The Hall–Kier alpha value is -5.19. The van der Waals surface area contributed by atoms with Crippen molar-refractivity contribution in [2.75, 3.05) is 13.7 Å². The molecule has 0 amide bonds. The van der Waals surface area contributed by atoms with Crippen LogP contribution in [0.5, 0.6) is 40.2 Å². The van der Waals surface area contributed by atoms with E-state index in [-0.39, 0.29) is 82.5 Å². The number of benzene rings is 3. The van der Waals surface area contributed by atoms with Crippen LogP contribution in [0.25, 0.3) is 0 Å². The number of carboxylic acids is 2. The van der Waals surface area contributed by atoms with E-state index in [2.05, 4.69) is 0 Å². The normalized spacial score (nSPS) is 18.8. The summed E-state index contributed by atoms with van der Waals surface area (Å²) in [4.78, 5) is 60.3. The maximum atomic E-state index is 13.6. The molecular weight excluding hydrogens is 675 g/mol. The Balaban J connectivity index is 0.00000562. The van der Waals surface area contributed by atoms with Crippen molar-refractivity contribution in [3.05, 3.63) is 65.2 Å². The summed E-state index contributed by atoms with van der Waals surface area (Å²) in [5.41, 5.74) is 0.275. The molecule has 0 aromatic heterocycles. The topological polar surface area (TPSA) is 242 Å². The van der Waals surface area contributed by atoms with Crippen molar-refractivity contribution in [2.45, 2.75) is 50.1 Å². The van der Waals surface area contributed by atoms with E-state index < -0.39 is 84.8 Å². The van der Waals surface area contributed by atoms with Crippen LogP contribution in [0.15, 0.2) is 48.5 Å². The Morgan fingerprint density at radius 1 is 0.720 bits per heavy atom. The van der Waals surface area contributed by atoms with E-state index in [0.717, 1.165) is 12.1 Å². The van der Waals surface area contributed by atoms with Crippen LogP contribution in [0.4, 0.5) is 0 Å². The van der Waals surface area contributed by atoms with Crippen LogP contribution < -0.4 is 18.9 Å². The van der Waals surface area contributed by atoms with Gasteiger partial charge in [0.1, 0.15) is 29.4 Å². The summed E-state index contributed by atoms with van der Waals surface area (Å²) in [5.74, 6) is -6.18. The van der Waals surface area contributed by atoms with Gasteiger partial charge in [0.15, 0.2) is 41.3 Å². The van der Waals surface area contributed by atoms with Crippen LogP contribution >= 0.6 is 0 Å². The molecule has 2 aliphatic heterocycles. The van der Waals surface area contributed by atoms with Gasteiger partial charge in [-0.25, -0.2) is 0 Å². The molecule has 17 heteroatoms. The van der Waals surface area contributed by atoms with Crippen molar-refractivity contribution in [3.8, 4) is 40.2 Å². The van der Waals surface area contributed by atoms with Crippen LogP contribution in [-0.4, -0.2) is 111 Å². The van der Waals surface area contributed by atoms with E-state index >= 15 is 0 Å². The Morgan fingerprint density at radius 2 is 1.36 bits per heavy atom. The maximum Gasteiger partial charge on any atom is 0.307 e. The molecule has 5 rings (SSSR count). The molecular formula is C33H30NaO16. The quantitative estimate of drug-likeness (QED) is 0.134. The first-order valence-corrected chi connectivity index (χ1v) is 14.7. The number of aliphatic carboxylic acids is 2. The molecule has 4 atom stereocenters. The number of fused-ring (bicyclic) bond motifs is 2. The molecule has 5 N–H and O–H groups in total. The van der Waals surface area contributed by atoms with Crippen LogP contribution in [-0.2, 0) is 28.7 Å². The van der Waals surface area contributed by atoms with Gasteiger partial charge in [0.05, 0.1) is 32.8 Å². The fourth-order valence-corrected chi connectivity index (χ4v) is 5.23. The zero-order valence-electron chi connectivity index (χ0n) is 26.7. The number of Topliss-reactive ketones (excluding diaryl/α,β-unsaturated/α-hetero) is 1. The Morgan fingerprint density at radius 3 is 2.04 bits per heavy atom. The average molecular weight is 706 g/mol. The SMILES string of the molecule is COc1cc([C@H]2Oc3cc([C@H]4Oc5cc(O)cc(O)c5C(=O)[C@@H]4OC(=O)CCC(=O)O)ccc3O[C@@H]2COC(=O)CCC(=O)O)ccc1O.[Na]. The minimum absolute atomic E-state index is 0. The molecule has 259 valence electrons. The molecule has 0 spiro atoms. The standard InChI is InChI=1S/C33H30O16.Na/c1-44-21-10-15(2-4-18(21)35)31-24(14-45-27(41)8-6-25(37)38)46-20-5-3-16(11-22(20)47-31)32-33(49-28(42)9-7-26(39)40)30(43)29-19(36)12-17(34)13-23(29)48-32;/h2-5,10-13,24,31-36H,6-9,14H2,1H3,(H,37,38)(H,39,40);/t24-,31-,32-,33+;/m1./s1. The average Bonchev–Trinajstić information content (AvgIpc) is 3.05. The van der Waals surface area contributed by atoms with Crippen molar-refractivity contribution in [2.24, 2.45) is 0 Å². The third-order valence-corrected chi connectivity index (χ3v) is 7.55. The van der Waals surface area contributed by atoms with E-state index in [1.807, 2.05) is 0 Å². The molecule has 2 heterocycles. The smallest absolute Gasteiger partial charge is 0.307 e. The van der Waals surface area contributed by atoms with Crippen molar-refractivity contribution >= 4 is 59.2 Å². The Bertz CT molecular complexity index is 1810. The number of phenols is 3. The summed E-state index contributed by atoms with van der Waals surface area (Å²) >= 11 is 0. The van der Waals surface area contributed by atoms with Gasteiger partial charge >= 0.3 is 23.9 Å². The number of hydrogen-bond acceptors (Lipinski definition) is 14. The number of carbonyl (C=O) groups is 5. The number of ether oxygens (including phenoxy) is 6. The van der Waals surface area contributed by atoms with Crippen LogP contribution in [0, 0.1) is 0 Å². The van der Waals surface area contributed by atoms with Crippen molar-refractivity contribution in [3.63, 3.8) is 0 Å². The van der Waals surface area contributed by atoms with Gasteiger partial charge in [-0.3, -0.25) is 24.0 Å². The first-order valence-electron chi connectivity index (χ1n) is 14.7. The number of esters is 2. The zero-order chi connectivity index (χ0) is 35.4. The number of carbonyl (C=O) groups excluding carboxylic acids is 3. The molecule has 0 unspecified atom stereocenters. The summed E-state index contributed by atoms with van der Waals surface area (Å²) < 4.78 is 34.3. The van der Waals surface area contributed by atoms with Crippen molar-refractivity contribution in [1.82, 2.24) is 0 Å². The maximum absolute atomic E-state index is 13.6. The predicted octanol–water partition coefficient (Wildman–Crippen LogP) is 2.81. The molecule has 3 aromatic rings. The second-order valence-corrected chi connectivity index (χ2v) is 11.0. The van der Waals surface area contributed by atoms with Gasteiger partial charge in [-0.1, -0.05) is 12.1 Å². The number of ketones is 1. The van der Waals surface area contributed by atoms with E-state index in [0.29, 0.717) is 5.56 Å². The number of hydrogen-bond donors (Lipinski definition) is 5. The molecule has 0 saturated carbocycles. The molecule has 50 heavy (non-hydrogen) atoms. The van der Waals surface area contributed by atoms with E-state index in [4.69, 9.17) is 38.6 Å². The Kier molecular flexibility index (Phi) is 12.1. The van der Waals surface area contributed by atoms with Crippen LogP contribution in [0.3, 0.4) is 0 Å². The minimum Gasteiger partial charge on any atom is -0.508 e. The van der Waals surface area contributed by atoms with Gasteiger partial charge in [-0.05, 0) is 24.3 Å². The van der Waals surface area contributed by atoms with Crippen molar-refractivity contribution < 1.29 is 77.9 Å². The molecule has 1 radical (unpaired) electrons. The minimum atomic E-state index is -1.69. The van der Waals surface area contributed by atoms with E-state index in [1.165, 1.54) is 43.5 Å². The first kappa shape index (κ1) is 37.6. The molecule has 0 aliphatic carbocycles. The monoisotopic (exact) mass is 705 g/mol. The number of aromatic hydroxyl groups is 3. The summed E-state index contributed by atoms with van der Waals surface area (Å²) in [6.45, 7) is -0.355. The number of carboxylic acid groups (broad SMARTS) is 2. The van der Waals surface area contributed by atoms with Gasteiger partial charge in [0.2, 0.25) is 11.9 Å². The fourth-order valence-electron chi connectivity index (χ4n) is 5.23. The van der Waals surface area contributed by atoms with Crippen molar-refractivity contribution in [1.29, 1.82) is 0 Å². The molecule has 0 saturated heterocycles. The Labute approximate surface area is 305 Å². The third-order valence-electron chi connectivity index (χ3n) is 7.55. The first-order chi connectivity index (χ1) is 23.3. The number of methoxy groups -OCH3 is 1. The molecule has 0 bridgehead atoms. The molecule has 2 aliphatic rings. The largest absolute Gasteiger partial charge is 0.508 e. The summed E-state index contributed by atoms with van der Waals surface area (Å²) in [5, 5.41) is 48.4. The second kappa shape index (κ2) is 16.0. The number of rotatable bonds is 12. The van der Waals surface area contributed by atoms with Gasteiger partial charge in [-0.15, -0.1) is 0 Å². The predicted molar refractivity (Wildman–Crippen MR) is 167 cm³/mol. The van der Waals surface area contributed by atoms with Gasteiger partial charge in [0, 0.05) is 52.8 Å². The number of phenolic OH excluding ortho intramolecular Hbond substituents is 3. The molecule has 16 nitrogen and oxygen atoms in total. The summed E-state index contributed by atoms with van der Waals surface area (Å²) in [6.07, 6.45) is -6.97. The zero-order valence-corrected chi connectivity index (χ0v) is 28.7. The third kappa shape index (κ3) is 8.50. The van der Waals surface area contributed by atoms with Crippen LogP contribution in [0.1, 0.15) is 59.4 Å². The van der Waals surface area contributed by atoms with E-state index in [9.17, 15) is 39.3 Å². The van der Waals surface area contributed by atoms with Gasteiger partial charge in [-0.2, -0.15) is 0 Å². The van der Waals surface area contributed by atoms with E-state index in [1.54, 1.807) is 0 Å². The van der Waals surface area contributed by atoms with Gasteiger partial charge < -0.3 is 54.0 Å². The van der Waals surface area contributed by atoms with Gasteiger partial charge in [0.25, 0.3) is 0 Å². The molecule has 3 aromatic carbocycles. The summed E-state index contributed by atoms with van der Waals surface area (Å²) in [7, 11) is 1.34.